The van der Waals surface area contributed by atoms with Crippen molar-refractivity contribution in [3.8, 4) is 11.8 Å². The van der Waals surface area contributed by atoms with E-state index in [2.05, 4.69) is 35.7 Å². The molecule has 0 aliphatic heterocycles. The number of carbonyl (C=O) groups is 1. The molecule has 0 saturated heterocycles. The summed E-state index contributed by atoms with van der Waals surface area (Å²) in [4.78, 5) is 13.3. The van der Waals surface area contributed by atoms with Crippen LogP contribution in [0.1, 0.15) is 48.8 Å². The van der Waals surface area contributed by atoms with Gasteiger partial charge in [-0.2, -0.15) is 5.26 Å². The van der Waals surface area contributed by atoms with Crippen LogP contribution >= 0.6 is 0 Å². The highest BCUT2D eigenvalue weighted by atomic mass is 16.5. The Balaban J connectivity index is 1.94. The molecule has 1 fully saturated rings. The number of hydrogen-bond donors (Lipinski definition) is 1. The van der Waals surface area contributed by atoms with Gasteiger partial charge in [-0.25, -0.2) is 0 Å². The van der Waals surface area contributed by atoms with Gasteiger partial charge in [0.15, 0.2) is 0 Å². The van der Waals surface area contributed by atoms with Crippen LogP contribution in [-0.4, -0.2) is 13.0 Å². The molecule has 0 heterocycles. The number of aryl methyl sites for hydroxylation is 1. The van der Waals surface area contributed by atoms with Crippen LogP contribution in [0.15, 0.2) is 42.5 Å². The predicted octanol–water partition coefficient (Wildman–Crippen LogP) is 4.72. The average molecular weight is 348 g/mol. The monoisotopic (exact) mass is 348 g/mol. The third-order valence-electron chi connectivity index (χ3n) is 5.34. The summed E-state index contributed by atoms with van der Waals surface area (Å²) in [6.07, 6.45) is 4.90. The van der Waals surface area contributed by atoms with Crippen molar-refractivity contribution in [2.24, 2.45) is 0 Å². The minimum atomic E-state index is -0.529. The number of ether oxygens (including phenoxy) is 1. The molecule has 1 aliphatic carbocycles. The lowest BCUT2D eigenvalue weighted by Gasteiger charge is -2.36. The van der Waals surface area contributed by atoms with Gasteiger partial charge in [-0.05, 0) is 43.5 Å². The summed E-state index contributed by atoms with van der Waals surface area (Å²) in [5.74, 6) is 0.577. The van der Waals surface area contributed by atoms with E-state index < -0.39 is 5.41 Å². The van der Waals surface area contributed by atoms with E-state index in [1.54, 1.807) is 25.3 Å². The molecule has 1 saturated carbocycles. The minimum absolute atomic E-state index is 0.0253. The largest absolute Gasteiger partial charge is 0.497 e. The lowest BCUT2D eigenvalue weighted by molar-refractivity contribution is -0.122. The fourth-order valence-electron chi connectivity index (χ4n) is 3.77. The van der Waals surface area contributed by atoms with Crippen LogP contribution < -0.4 is 10.1 Å². The van der Waals surface area contributed by atoms with Crippen molar-refractivity contribution in [1.82, 2.24) is 0 Å². The fourth-order valence-corrected chi connectivity index (χ4v) is 3.77. The van der Waals surface area contributed by atoms with Gasteiger partial charge >= 0.3 is 0 Å². The third kappa shape index (κ3) is 3.43. The number of carbonyl (C=O) groups excluding carboxylic acids is 1. The summed E-state index contributed by atoms with van der Waals surface area (Å²) in [5, 5.41) is 12.4. The Bertz CT molecular complexity index is 828. The summed E-state index contributed by atoms with van der Waals surface area (Å²) in [6.45, 7) is 2.05. The van der Waals surface area contributed by atoms with Crippen molar-refractivity contribution < 1.29 is 9.53 Å². The van der Waals surface area contributed by atoms with Crippen LogP contribution in [-0.2, 0) is 10.2 Å². The zero-order valence-electron chi connectivity index (χ0n) is 15.3. The minimum Gasteiger partial charge on any atom is -0.497 e. The molecular formula is C22H24N2O2. The molecule has 3 rings (SSSR count). The SMILES string of the molecule is COc1ccc(NC(=O)C2(c3ccc(C)cc3)CCCCC2)c(C#N)c1. The topological polar surface area (TPSA) is 62.1 Å². The van der Waals surface area contributed by atoms with E-state index in [0.717, 1.165) is 37.7 Å². The Hall–Kier alpha value is -2.80. The number of hydrogen-bond acceptors (Lipinski definition) is 3. The second-order valence-electron chi connectivity index (χ2n) is 6.99. The molecule has 0 spiro atoms. The lowest BCUT2D eigenvalue weighted by atomic mass is 9.68. The van der Waals surface area contributed by atoms with Gasteiger partial charge in [0.2, 0.25) is 5.91 Å². The molecular weight excluding hydrogens is 324 g/mol. The smallest absolute Gasteiger partial charge is 0.235 e. The molecule has 2 aromatic carbocycles. The molecule has 0 bridgehead atoms. The molecule has 4 heteroatoms. The summed E-state index contributed by atoms with van der Waals surface area (Å²) < 4.78 is 5.17. The first-order valence-electron chi connectivity index (χ1n) is 9.06. The Morgan fingerprint density at radius 3 is 2.42 bits per heavy atom. The van der Waals surface area contributed by atoms with Crippen molar-refractivity contribution in [2.45, 2.75) is 44.4 Å². The first-order chi connectivity index (χ1) is 12.6. The molecule has 1 amide bonds. The standard InChI is InChI=1S/C22H24N2O2/c1-16-6-8-18(9-7-16)22(12-4-3-5-13-22)21(25)24-20-11-10-19(26-2)14-17(20)15-23/h6-11,14H,3-5,12-13H2,1-2H3,(H,24,25). The number of nitriles is 1. The van der Waals surface area contributed by atoms with Crippen molar-refractivity contribution in [1.29, 1.82) is 5.26 Å². The highest BCUT2D eigenvalue weighted by molar-refractivity contribution is 6.00. The van der Waals surface area contributed by atoms with Crippen molar-refractivity contribution in [3.63, 3.8) is 0 Å². The van der Waals surface area contributed by atoms with Crippen molar-refractivity contribution >= 4 is 11.6 Å². The summed E-state index contributed by atoms with van der Waals surface area (Å²) in [6, 6.07) is 15.6. The highest BCUT2D eigenvalue weighted by Crippen LogP contribution is 2.41. The van der Waals surface area contributed by atoms with Gasteiger partial charge in [0.1, 0.15) is 11.8 Å². The van der Waals surface area contributed by atoms with Crippen LogP contribution in [0.5, 0.6) is 5.75 Å². The quantitative estimate of drug-likeness (QED) is 0.870. The number of anilines is 1. The van der Waals surface area contributed by atoms with Gasteiger partial charge in [-0.15, -0.1) is 0 Å². The summed E-state index contributed by atoms with van der Waals surface area (Å²) in [7, 11) is 1.56. The van der Waals surface area contributed by atoms with E-state index >= 15 is 0 Å². The molecule has 0 radical (unpaired) electrons. The molecule has 1 aliphatic rings. The van der Waals surface area contributed by atoms with E-state index in [4.69, 9.17) is 4.74 Å². The number of rotatable bonds is 4. The Kier molecular flexibility index (Phi) is 5.27. The molecule has 0 atom stereocenters. The van der Waals surface area contributed by atoms with Gasteiger partial charge in [-0.1, -0.05) is 49.1 Å². The third-order valence-corrected chi connectivity index (χ3v) is 5.34. The van der Waals surface area contributed by atoms with Crippen LogP contribution in [0.4, 0.5) is 5.69 Å². The van der Waals surface area contributed by atoms with Gasteiger partial charge in [0.25, 0.3) is 0 Å². The normalized spacial score (nSPS) is 15.7. The number of methoxy groups -OCH3 is 1. The van der Waals surface area contributed by atoms with Gasteiger partial charge in [0, 0.05) is 0 Å². The maximum Gasteiger partial charge on any atom is 0.235 e. The number of nitrogens with zero attached hydrogens (tertiary/aromatic N) is 1. The van der Waals surface area contributed by atoms with Crippen molar-refractivity contribution in [2.75, 3.05) is 12.4 Å². The number of benzene rings is 2. The van der Waals surface area contributed by atoms with Crippen LogP contribution in [0.25, 0.3) is 0 Å². The molecule has 1 N–H and O–H groups in total. The molecule has 26 heavy (non-hydrogen) atoms. The zero-order valence-corrected chi connectivity index (χ0v) is 15.3. The van der Waals surface area contributed by atoms with E-state index in [1.165, 1.54) is 5.56 Å². The van der Waals surface area contributed by atoms with E-state index in [9.17, 15) is 10.1 Å². The lowest BCUT2D eigenvalue weighted by Crippen LogP contribution is -2.42. The Morgan fingerprint density at radius 1 is 1.12 bits per heavy atom. The Labute approximate surface area is 154 Å². The highest BCUT2D eigenvalue weighted by Gasteiger charge is 2.41. The van der Waals surface area contributed by atoms with Gasteiger partial charge in [0.05, 0.1) is 23.8 Å². The summed E-state index contributed by atoms with van der Waals surface area (Å²) >= 11 is 0. The first-order valence-corrected chi connectivity index (χ1v) is 9.06. The van der Waals surface area contributed by atoms with E-state index in [0.29, 0.717) is 17.0 Å². The maximum absolute atomic E-state index is 13.3. The predicted molar refractivity (Wildman–Crippen MR) is 102 cm³/mol. The molecule has 4 nitrogen and oxygen atoms in total. The maximum atomic E-state index is 13.3. The van der Waals surface area contributed by atoms with Gasteiger partial charge in [-0.3, -0.25) is 4.79 Å². The van der Waals surface area contributed by atoms with Crippen LogP contribution in [0, 0.1) is 18.3 Å². The van der Waals surface area contributed by atoms with Crippen molar-refractivity contribution in [3.05, 3.63) is 59.2 Å². The van der Waals surface area contributed by atoms with Crippen LogP contribution in [0.2, 0.25) is 0 Å². The summed E-state index contributed by atoms with van der Waals surface area (Å²) in [5.41, 5.74) is 2.66. The zero-order chi connectivity index (χ0) is 18.6. The molecule has 134 valence electrons. The van der Waals surface area contributed by atoms with E-state index in [1.807, 2.05) is 6.92 Å². The molecule has 0 aromatic heterocycles. The number of amides is 1. The molecule has 0 unspecified atom stereocenters. The second kappa shape index (κ2) is 7.61. The Morgan fingerprint density at radius 2 is 1.81 bits per heavy atom. The number of nitrogens with one attached hydrogen (secondary N) is 1. The fraction of sp³-hybridized carbons (Fsp3) is 0.364. The molecule has 2 aromatic rings. The van der Waals surface area contributed by atoms with E-state index in [-0.39, 0.29) is 5.91 Å². The van der Waals surface area contributed by atoms with Gasteiger partial charge < -0.3 is 10.1 Å². The second-order valence-corrected chi connectivity index (χ2v) is 6.99. The average Bonchev–Trinajstić information content (AvgIpc) is 2.69. The first kappa shape index (κ1) is 18.0. The van der Waals surface area contributed by atoms with Crippen LogP contribution in [0.3, 0.4) is 0 Å².